The topological polar surface area (TPSA) is 42.7 Å². The first-order valence-electron chi connectivity index (χ1n) is 19.0. The van der Waals surface area contributed by atoms with E-state index in [0.29, 0.717) is 11.5 Å². The molecule has 0 spiro atoms. The number of imidazole rings is 1. The predicted octanol–water partition coefficient (Wildman–Crippen LogP) is 9.95. The van der Waals surface area contributed by atoms with E-state index >= 15 is 0 Å². The summed E-state index contributed by atoms with van der Waals surface area (Å²) in [6.07, 6.45) is 5.71. The van der Waals surface area contributed by atoms with E-state index in [1.54, 1.807) is 0 Å². The Kier molecular flexibility index (Phi) is 8.19. The van der Waals surface area contributed by atoms with E-state index in [1.807, 2.05) is 42.1 Å². The number of thiophene rings is 1. The summed E-state index contributed by atoms with van der Waals surface area (Å²) in [5, 5.41) is 10.9. The first kappa shape index (κ1) is 34.8. The molecule has 12 rings (SSSR count). The molecule has 58 heavy (non-hydrogen) atoms. The van der Waals surface area contributed by atoms with E-state index in [9.17, 15) is 0 Å². The number of hydrogen-bond donors (Lipinski definition) is 0. The van der Waals surface area contributed by atoms with E-state index in [-0.39, 0.29) is 21.1 Å². The van der Waals surface area contributed by atoms with Gasteiger partial charge in [-0.25, -0.2) is 4.98 Å². The van der Waals surface area contributed by atoms with Crippen LogP contribution in [0.25, 0.3) is 47.5 Å². The summed E-state index contributed by atoms with van der Waals surface area (Å²) in [5.74, 6) is 2.02. The maximum absolute atomic E-state index is 6.77. The van der Waals surface area contributed by atoms with Gasteiger partial charge in [-0.05, 0) is 40.9 Å². The average molecular weight is 958 g/mol. The number of benzene rings is 7. The molecule has 1 aliphatic heterocycles. The van der Waals surface area contributed by atoms with Gasteiger partial charge in [0.15, 0.2) is 0 Å². The summed E-state index contributed by atoms with van der Waals surface area (Å²) in [6, 6.07) is 66.1. The molecule has 5 heterocycles. The third-order valence-electron chi connectivity index (χ3n) is 11.4. The summed E-state index contributed by atoms with van der Waals surface area (Å²) < 4.78 is 11.5. The van der Waals surface area contributed by atoms with Crippen LogP contribution in [0.5, 0.6) is 11.5 Å². The average Bonchev–Trinajstić information content (AvgIpc) is 3.93. The van der Waals surface area contributed by atoms with Crippen molar-refractivity contribution in [2.24, 2.45) is 0 Å². The summed E-state index contributed by atoms with van der Waals surface area (Å²) in [7, 11) is -3.04. The van der Waals surface area contributed by atoms with Gasteiger partial charge in [-0.15, -0.1) is 40.8 Å². The summed E-state index contributed by atoms with van der Waals surface area (Å²) in [4.78, 5) is 12.0. The van der Waals surface area contributed by atoms with Crippen LogP contribution in [0.1, 0.15) is 0 Å². The largest absolute Gasteiger partial charge is 2.00 e. The SMILES string of the molecule is [Pt+2].[c-]1c(Oc2[c-]c3c(cc2)c2ccccc2n2ccnc32)ccc2c1N(c1ccccn1)c1ccc3c(sc4ccccc43)c1[Si]2(c1ccccc1)c1ccccc1. The number of ether oxygens (including phenoxy) is 1. The molecule has 1 aliphatic rings. The van der Waals surface area contributed by atoms with E-state index in [4.69, 9.17) is 14.7 Å². The third kappa shape index (κ3) is 5.04. The van der Waals surface area contributed by atoms with Gasteiger partial charge in [0.05, 0.1) is 5.65 Å². The van der Waals surface area contributed by atoms with E-state index < -0.39 is 8.07 Å². The number of anilines is 3. The maximum Gasteiger partial charge on any atom is 2.00 e. The molecule has 0 radical (unpaired) electrons. The molecule has 0 unspecified atom stereocenters. The second-order valence-corrected chi connectivity index (χ2v) is 19.1. The Morgan fingerprint density at radius 1 is 0.569 bits per heavy atom. The van der Waals surface area contributed by atoms with Gasteiger partial charge in [0.25, 0.3) is 0 Å². The second-order valence-electron chi connectivity index (χ2n) is 14.4. The minimum atomic E-state index is -3.04. The van der Waals surface area contributed by atoms with E-state index in [0.717, 1.165) is 44.5 Å². The van der Waals surface area contributed by atoms with Crippen molar-refractivity contribution >= 4 is 105 Å². The van der Waals surface area contributed by atoms with Crippen LogP contribution in [0.3, 0.4) is 0 Å². The zero-order valence-electron chi connectivity index (χ0n) is 30.7. The monoisotopic (exact) mass is 957 g/mol. The Bertz CT molecular complexity index is 3310. The Morgan fingerprint density at radius 2 is 1.26 bits per heavy atom. The van der Waals surface area contributed by atoms with Crippen molar-refractivity contribution in [3.8, 4) is 11.5 Å². The first-order chi connectivity index (χ1) is 28.3. The smallest absolute Gasteiger partial charge is 0.503 e. The number of nitrogens with zero attached hydrogens (tertiary/aromatic N) is 4. The van der Waals surface area contributed by atoms with Gasteiger partial charge in [-0.1, -0.05) is 142 Å². The molecule has 0 N–H and O–H groups in total. The number of fused-ring (bicyclic) bond motifs is 12. The Morgan fingerprint density at radius 3 is 2.05 bits per heavy atom. The number of rotatable bonds is 5. The van der Waals surface area contributed by atoms with Crippen molar-refractivity contribution in [1.29, 1.82) is 0 Å². The number of para-hydroxylation sites is 1. The van der Waals surface area contributed by atoms with Gasteiger partial charge in [-0.3, -0.25) is 4.98 Å². The second kappa shape index (κ2) is 13.6. The molecule has 4 aromatic heterocycles. The van der Waals surface area contributed by atoms with Crippen LogP contribution in [-0.2, 0) is 21.1 Å². The van der Waals surface area contributed by atoms with Crippen molar-refractivity contribution in [2.75, 3.05) is 4.90 Å². The molecular weight excluding hydrogens is 928 g/mol. The van der Waals surface area contributed by atoms with Crippen molar-refractivity contribution < 1.29 is 25.8 Å². The molecule has 0 saturated carbocycles. The molecular formula is C50H30N4OPtSSi. The molecule has 0 aliphatic carbocycles. The van der Waals surface area contributed by atoms with E-state index in [2.05, 4.69) is 173 Å². The number of aromatic nitrogens is 3. The van der Waals surface area contributed by atoms with Crippen LogP contribution in [0.4, 0.5) is 17.2 Å². The van der Waals surface area contributed by atoms with Crippen molar-refractivity contribution in [1.82, 2.24) is 14.4 Å². The molecule has 11 aromatic rings. The van der Waals surface area contributed by atoms with Gasteiger partial charge < -0.3 is 14.0 Å². The first-order valence-corrected chi connectivity index (χ1v) is 21.8. The zero-order chi connectivity index (χ0) is 37.5. The van der Waals surface area contributed by atoms with Crippen molar-refractivity contribution in [2.45, 2.75) is 0 Å². The fraction of sp³-hybridized carbons (Fsp3) is 0. The summed E-state index contributed by atoms with van der Waals surface area (Å²) in [6.45, 7) is 0. The van der Waals surface area contributed by atoms with Gasteiger partial charge >= 0.3 is 21.1 Å². The molecule has 0 atom stereocenters. The van der Waals surface area contributed by atoms with Crippen molar-refractivity contribution in [3.05, 3.63) is 195 Å². The van der Waals surface area contributed by atoms with Crippen LogP contribution in [0.2, 0.25) is 0 Å². The minimum absolute atomic E-state index is 0. The number of pyridine rings is 2. The quantitative estimate of drug-likeness (QED) is 0.0980. The maximum atomic E-state index is 6.77. The molecule has 7 aromatic carbocycles. The van der Waals surface area contributed by atoms with Crippen LogP contribution in [0, 0.1) is 12.1 Å². The third-order valence-corrected chi connectivity index (χ3v) is 17.7. The van der Waals surface area contributed by atoms with Crippen LogP contribution < -0.4 is 30.4 Å². The van der Waals surface area contributed by atoms with Gasteiger partial charge in [0.1, 0.15) is 13.9 Å². The van der Waals surface area contributed by atoms with Crippen LogP contribution >= 0.6 is 11.3 Å². The summed E-state index contributed by atoms with van der Waals surface area (Å²) in [5.41, 5.74) is 3.99. The number of hydrogen-bond acceptors (Lipinski definition) is 5. The molecule has 276 valence electrons. The molecule has 0 amide bonds. The van der Waals surface area contributed by atoms with E-state index in [1.165, 1.54) is 40.9 Å². The Hall–Kier alpha value is -6.37. The fourth-order valence-corrected chi connectivity index (χ4v) is 16.0. The van der Waals surface area contributed by atoms with Gasteiger partial charge in [0, 0.05) is 61.5 Å². The Balaban J connectivity index is 0.00000385. The molecule has 0 saturated heterocycles. The zero-order valence-corrected chi connectivity index (χ0v) is 34.8. The molecule has 0 bridgehead atoms. The molecule has 0 fully saturated rings. The molecule has 5 nitrogen and oxygen atoms in total. The van der Waals surface area contributed by atoms with Gasteiger partial charge in [-0.2, -0.15) is 6.07 Å². The molecule has 8 heteroatoms. The van der Waals surface area contributed by atoms with Gasteiger partial charge in [0.2, 0.25) is 0 Å². The Labute approximate surface area is 353 Å². The summed E-state index contributed by atoms with van der Waals surface area (Å²) >= 11 is 1.89. The normalized spacial score (nSPS) is 13.1. The van der Waals surface area contributed by atoms with Crippen molar-refractivity contribution in [3.63, 3.8) is 0 Å². The van der Waals surface area contributed by atoms with Crippen LogP contribution in [-0.4, -0.2) is 22.4 Å². The van der Waals surface area contributed by atoms with Crippen LogP contribution in [0.15, 0.2) is 182 Å². The predicted molar refractivity (Wildman–Crippen MR) is 237 cm³/mol. The minimum Gasteiger partial charge on any atom is -0.503 e. The fourth-order valence-electron chi connectivity index (χ4n) is 9.10. The standard InChI is InChI=1S/C50H30N4OSSi.Pt/c1-3-13-35(14-4-1)57(36-15-5-2-6-16-36)46-27-23-34(55-33-22-24-37-38-17-7-9-19-42(38)53-30-29-52-50(53)41(37)31-33)32-44(46)54(47-21-11-12-28-51-47)43-26-25-40-39-18-8-10-20-45(39)56-48(40)49(43)57;/h1-30H;/q-2;+2.